The van der Waals surface area contributed by atoms with E-state index in [1.807, 2.05) is 12.1 Å². The van der Waals surface area contributed by atoms with E-state index in [1.54, 1.807) is 7.11 Å². The molecule has 0 aliphatic heterocycles. The van der Waals surface area contributed by atoms with Crippen LogP contribution in [0.25, 0.3) is 11.6 Å². The van der Waals surface area contributed by atoms with Crippen LogP contribution in [0.5, 0.6) is 5.75 Å². The SMILES string of the molecule is COc1ccc(N(c2ccc(C=C(c3ccc(C)cc3)c3ccc(CS)cc3)cc2)c2ccc(CS)cc2)cc1. The van der Waals surface area contributed by atoms with Gasteiger partial charge in [0.1, 0.15) is 5.75 Å². The minimum atomic E-state index is 0.713. The molecule has 0 fully saturated rings. The molecule has 0 atom stereocenters. The van der Waals surface area contributed by atoms with Gasteiger partial charge in [-0.15, -0.1) is 0 Å². The van der Waals surface area contributed by atoms with E-state index in [-0.39, 0.29) is 0 Å². The van der Waals surface area contributed by atoms with Gasteiger partial charge in [0.15, 0.2) is 0 Å². The van der Waals surface area contributed by atoms with Crippen LogP contribution in [0.3, 0.4) is 0 Å². The number of benzene rings is 5. The maximum atomic E-state index is 5.40. The lowest BCUT2D eigenvalue weighted by Gasteiger charge is -2.26. The quantitative estimate of drug-likeness (QED) is 0.138. The van der Waals surface area contributed by atoms with E-state index in [1.165, 1.54) is 33.4 Å². The molecule has 0 saturated carbocycles. The Balaban J connectivity index is 1.54. The van der Waals surface area contributed by atoms with Crippen molar-refractivity contribution in [3.63, 3.8) is 0 Å². The smallest absolute Gasteiger partial charge is 0.119 e. The molecule has 5 aromatic rings. The third-order valence-corrected chi connectivity index (χ3v) is 7.71. The monoisotopic (exact) mass is 559 g/mol. The summed E-state index contributed by atoms with van der Waals surface area (Å²) >= 11 is 8.86. The summed E-state index contributed by atoms with van der Waals surface area (Å²) in [5, 5.41) is 0. The first-order valence-electron chi connectivity index (χ1n) is 13.3. The van der Waals surface area contributed by atoms with Crippen LogP contribution in [-0.2, 0) is 11.5 Å². The summed E-state index contributed by atoms with van der Waals surface area (Å²) < 4.78 is 5.40. The first kappa shape index (κ1) is 27.7. The Morgan fingerprint density at radius 1 is 0.600 bits per heavy atom. The van der Waals surface area contributed by atoms with Gasteiger partial charge >= 0.3 is 0 Å². The van der Waals surface area contributed by atoms with Crippen molar-refractivity contribution in [3.8, 4) is 5.75 Å². The number of methoxy groups -OCH3 is 1. The zero-order chi connectivity index (χ0) is 27.9. The molecule has 5 aromatic carbocycles. The van der Waals surface area contributed by atoms with Crippen LogP contribution in [0.15, 0.2) is 121 Å². The highest BCUT2D eigenvalue weighted by Crippen LogP contribution is 2.36. The molecule has 0 N–H and O–H groups in total. The fraction of sp³-hybridized carbons (Fsp3) is 0.111. The minimum Gasteiger partial charge on any atom is -0.497 e. The van der Waals surface area contributed by atoms with Crippen molar-refractivity contribution in [3.05, 3.63) is 155 Å². The van der Waals surface area contributed by atoms with Crippen molar-refractivity contribution < 1.29 is 4.74 Å². The van der Waals surface area contributed by atoms with Crippen LogP contribution < -0.4 is 9.64 Å². The summed E-state index contributed by atoms with van der Waals surface area (Å²) in [6.45, 7) is 2.12. The van der Waals surface area contributed by atoms with Crippen LogP contribution in [0, 0.1) is 6.92 Å². The largest absolute Gasteiger partial charge is 0.497 e. The van der Waals surface area contributed by atoms with Gasteiger partial charge in [0, 0.05) is 28.6 Å². The molecule has 5 rings (SSSR count). The molecule has 0 heterocycles. The molecule has 40 heavy (non-hydrogen) atoms. The Morgan fingerprint density at radius 2 is 1.02 bits per heavy atom. The second-order valence-corrected chi connectivity index (χ2v) is 10.4. The van der Waals surface area contributed by atoms with Gasteiger partial charge in [-0.05, 0) is 94.9 Å². The number of ether oxygens (including phenoxy) is 1. The zero-order valence-electron chi connectivity index (χ0n) is 22.8. The Bertz CT molecular complexity index is 1510. The third kappa shape index (κ3) is 6.47. The molecule has 0 aromatic heterocycles. The van der Waals surface area contributed by atoms with Crippen molar-refractivity contribution >= 4 is 54.0 Å². The van der Waals surface area contributed by atoms with Crippen LogP contribution in [0.4, 0.5) is 17.1 Å². The molecule has 0 aliphatic rings. The van der Waals surface area contributed by atoms with Crippen LogP contribution in [0.1, 0.15) is 33.4 Å². The van der Waals surface area contributed by atoms with Crippen molar-refractivity contribution in [2.45, 2.75) is 18.4 Å². The number of hydrogen-bond acceptors (Lipinski definition) is 4. The van der Waals surface area contributed by atoms with Gasteiger partial charge in [-0.2, -0.15) is 25.3 Å². The Hall–Kier alpha value is -3.86. The van der Waals surface area contributed by atoms with Gasteiger partial charge in [0.25, 0.3) is 0 Å². The third-order valence-electron chi connectivity index (χ3n) is 6.98. The summed E-state index contributed by atoms with van der Waals surface area (Å²) in [7, 11) is 1.69. The average molecular weight is 560 g/mol. The maximum Gasteiger partial charge on any atom is 0.119 e. The fourth-order valence-electron chi connectivity index (χ4n) is 4.67. The summed E-state index contributed by atoms with van der Waals surface area (Å²) in [5.41, 5.74) is 11.6. The molecule has 200 valence electrons. The lowest BCUT2D eigenvalue weighted by atomic mass is 9.94. The molecule has 0 radical (unpaired) electrons. The van der Waals surface area contributed by atoms with E-state index in [4.69, 9.17) is 4.74 Å². The lowest BCUT2D eigenvalue weighted by Crippen LogP contribution is -2.09. The van der Waals surface area contributed by atoms with Gasteiger partial charge in [0.05, 0.1) is 7.11 Å². The van der Waals surface area contributed by atoms with Gasteiger partial charge in [0.2, 0.25) is 0 Å². The van der Waals surface area contributed by atoms with Gasteiger partial charge in [-0.3, -0.25) is 0 Å². The van der Waals surface area contributed by atoms with Gasteiger partial charge < -0.3 is 9.64 Å². The number of aryl methyl sites for hydroxylation is 1. The van der Waals surface area contributed by atoms with Gasteiger partial charge in [-0.1, -0.05) is 78.4 Å². The minimum absolute atomic E-state index is 0.713. The molecular weight excluding hydrogens is 527 g/mol. The second kappa shape index (κ2) is 13.0. The predicted octanol–water partition coefficient (Wildman–Crippen LogP) is 9.92. The topological polar surface area (TPSA) is 12.5 Å². The second-order valence-electron chi connectivity index (χ2n) is 9.73. The first-order valence-corrected chi connectivity index (χ1v) is 14.6. The molecule has 0 saturated heterocycles. The average Bonchev–Trinajstić information content (AvgIpc) is 3.02. The number of nitrogens with zero attached hydrogens (tertiary/aromatic N) is 1. The van der Waals surface area contributed by atoms with E-state index >= 15 is 0 Å². The molecule has 0 spiro atoms. The zero-order valence-corrected chi connectivity index (χ0v) is 24.6. The highest BCUT2D eigenvalue weighted by Gasteiger charge is 2.13. The molecule has 0 amide bonds. The maximum absolute atomic E-state index is 5.40. The van der Waals surface area contributed by atoms with Crippen molar-refractivity contribution in [1.82, 2.24) is 0 Å². The lowest BCUT2D eigenvalue weighted by molar-refractivity contribution is 0.415. The molecule has 0 aliphatic carbocycles. The Kier molecular flexibility index (Phi) is 9.00. The van der Waals surface area contributed by atoms with Crippen LogP contribution in [-0.4, -0.2) is 7.11 Å². The molecule has 0 unspecified atom stereocenters. The highest BCUT2D eigenvalue weighted by atomic mass is 32.1. The number of hydrogen-bond donors (Lipinski definition) is 2. The van der Waals surface area contributed by atoms with Gasteiger partial charge in [-0.25, -0.2) is 0 Å². The number of anilines is 3. The van der Waals surface area contributed by atoms with Crippen LogP contribution in [0.2, 0.25) is 0 Å². The summed E-state index contributed by atoms with van der Waals surface area (Å²) in [6, 6.07) is 42.8. The standard InChI is InChI=1S/C36H33NOS2/c1-26-3-11-30(12-4-26)36(31-13-5-28(24-39)6-14-31)23-27-7-15-32(16-8-27)37(33-17-9-29(25-40)10-18-33)34-19-21-35(38-2)22-20-34/h3-23,39-40H,24-25H2,1-2H3. The summed E-state index contributed by atoms with van der Waals surface area (Å²) in [5.74, 6) is 2.28. The first-order chi connectivity index (χ1) is 19.6. The summed E-state index contributed by atoms with van der Waals surface area (Å²) in [6.07, 6.45) is 2.27. The van der Waals surface area contributed by atoms with E-state index in [0.717, 1.165) is 34.1 Å². The van der Waals surface area contributed by atoms with E-state index in [9.17, 15) is 0 Å². The Morgan fingerprint density at radius 3 is 1.50 bits per heavy atom. The Labute approximate surface area is 248 Å². The van der Waals surface area contributed by atoms with E-state index in [0.29, 0.717) is 5.75 Å². The van der Waals surface area contributed by atoms with Crippen molar-refractivity contribution in [2.75, 3.05) is 12.0 Å². The normalized spacial score (nSPS) is 11.3. The molecule has 0 bridgehead atoms. The van der Waals surface area contributed by atoms with E-state index < -0.39 is 0 Å². The fourth-order valence-corrected chi connectivity index (χ4v) is 5.09. The molecule has 2 nitrogen and oxygen atoms in total. The van der Waals surface area contributed by atoms with Crippen LogP contribution >= 0.6 is 25.3 Å². The van der Waals surface area contributed by atoms with Crippen molar-refractivity contribution in [1.29, 1.82) is 0 Å². The number of thiol groups is 2. The van der Waals surface area contributed by atoms with E-state index in [2.05, 4.69) is 152 Å². The molecular formula is C36H33NOS2. The summed E-state index contributed by atoms with van der Waals surface area (Å²) in [4.78, 5) is 2.26. The number of rotatable bonds is 9. The van der Waals surface area contributed by atoms with Crippen molar-refractivity contribution in [2.24, 2.45) is 0 Å². The molecule has 4 heteroatoms. The predicted molar refractivity (Wildman–Crippen MR) is 178 cm³/mol. The highest BCUT2D eigenvalue weighted by molar-refractivity contribution is 7.79.